The van der Waals surface area contributed by atoms with Crippen molar-refractivity contribution in [1.82, 2.24) is 10.2 Å². The van der Waals surface area contributed by atoms with Crippen LogP contribution >= 0.6 is 0 Å². The zero-order chi connectivity index (χ0) is 22.4. The van der Waals surface area contributed by atoms with E-state index < -0.39 is 5.41 Å². The van der Waals surface area contributed by atoms with E-state index in [9.17, 15) is 14.0 Å². The van der Waals surface area contributed by atoms with Crippen LogP contribution in [0.3, 0.4) is 0 Å². The quantitative estimate of drug-likeness (QED) is 0.725. The third-order valence-electron chi connectivity index (χ3n) is 5.62. The number of methoxy groups -OCH3 is 1. The predicted molar refractivity (Wildman–Crippen MR) is 119 cm³/mol. The third-order valence-corrected chi connectivity index (χ3v) is 5.62. The average Bonchev–Trinajstić information content (AvgIpc) is 2.75. The van der Waals surface area contributed by atoms with Crippen molar-refractivity contribution in [2.75, 3.05) is 25.5 Å². The fourth-order valence-electron chi connectivity index (χ4n) is 3.94. The molecule has 0 spiro atoms. The molecule has 7 heteroatoms. The van der Waals surface area contributed by atoms with E-state index in [1.165, 1.54) is 24.3 Å². The first kappa shape index (κ1) is 22.6. The number of likely N-dealkylation sites (tertiary alicyclic amines) is 1. The molecule has 1 fully saturated rings. The monoisotopic (exact) mass is 427 g/mol. The SMILES string of the molecule is COc1ccccc1CC(C)(C)C(=O)N1CCC(NC(=O)Nc2ccc(F)cc2)CC1. The first-order chi connectivity index (χ1) is 14.8. The van der Waals surface area contributed by atoms with E-state index >= 15 is 0 Å². The van der Waals surface area contributed by atoms with E-state index in [1.807, 2.05) is 43.0 Å². The molecule has 3 rings (SSSR count). The Hall–Kier alpha value is -3.09. The second-order valence-electron chi connectivity index (χ2n) is 8.54. The maximum absolute atomic E-state index is 13.2. The van der Waals surface area contributed by atoms with Crippen LogP contribution in [0.4, 0.5) is 14.9 Å². The van der Waals surface area contributed by atoms with Gasteiger partial charge in [0.2, 0.25) is 5.91 Å². The second-order valence-corrected chi connectivity index (χ2v) is 8.54. The van der Waals surface area contributed by atoms with Gasteiger partial charge < -0.3 is 20.3 Å². The number of anilines is 1. The fourth-order valence-corrected chi connectivity index (χ4v) is 3.94. The molecule has 1 saturated heterocycles. The lowest BCUT2D eigenvalue weighted by atomic mass is 9.83. The zero-order valence-electron chi connectivity index (χ0n) is 18.3. The molecular weight excluding hydrogens is 397 g/mol. The molecule has 2 N–H and O–H groups in total. The van der Waals surface area contributed by atoms with Gasteiger partial charge in [-0.1, -0.05) is 32.0 Å². The van der Waals surface area contributed by atoms with Gasteiger partial charge in [0.15, 0.2) is 0 Å². The first-order valence-electron chi connectivity index (χ1n) is 10.5. The number of nitrogens with zero attached hydrogens (tertiary/aromatic N) is 1. The van der Waals surface area contributed by atoms with Crippen LogP contribution in [0.25, 0.3) is 0 Å². The Morgan fingerprint density at radius 1 is 1.10 bits per heavy atom. The van der Waals surface area contributed by atoms with E-state index in [1.54, 1.807) is 7.11 Å². The zero-order valence-corrected chi connectivity index (χ0v) is 18.3. The summed E-state index contributed by atoms with van der Waals surface area (Å²) < 4.78 is 18.4. The number of benzene rings is 2. The number of para-hydroxylation sites is 1. The summed E-state index contributed by atoms with van der Waals surface area (Å²) in [5.74, 6) is 0.544. The first-order valence-corrected chi connectivity index (χ1v) is 10.5. The minimum Gasteiger partial charge on any atom is -0.496 e. The van der Waals surface area contributed by atoms with Gasteiger partial charge in [-0.2, -0.15) is 0 Å². The predicted octanol–water partition coefficient (Wildman–Crippen LogP) is 4.22. The maximum Gasteiger partial charge on any atom is 0.319 e. The Bertz CT molecular complexity index is 907. The van der Waals surface area contributed by atoms with Crippen LogP contribution in [0, 0.1) is 11.2 Å². The molecule has 1 aliphatic heterocycles. The van der Waals surface area contributed by atoms with Gasteiger partial charge in [-0.05, 0) is 55.2 Å². The van der Waals surface area contributed by atoms with Crippen molar-refractivity contribution in [3.05, 3.63) is 59.9 Å². The lowest BCUT2D eigenvalue weighted by molar-refractivity contribution is -0.141. The van der Waals surface area contributed by atoms with Gasteiger partial charge in [-0.3, -0.25) is 4.79 Å². The van der Waals surface area contributed by atoms with Crippen LogP contribution in [-0.2, 0) is 11.2 Å². The van der Waals surface area contributed by atoms with Gasteiger partial charge in [0.1, 0.15) is 11.6 Å². The highest BCUT2D eigenvalue weighted by molar-refractivity contribution is 5.89. The van der Waals surface area contributed by atoms with Gasteiger partial charge in [0, 0.05) is 30.2 Å². The number of piperidine rings is 1. The van der Waals surface area contributed by atoms with Crippen LogP contribution in [0.15, 0.2) is 48.5 Å². The van der Waals surface area contributed by atoms with Crippen molar-refractivity contribution >= 4 is 17.6 Å². The van der Waals surface area contributed by atoms with E-state index in [0.29, 0.717) is 38.0 Å². The topological polar surface area (TPSA) is 70.7 Å². The van der Waals surface area contributed by atoms with E-state index in [2.05, 4.69) is 10.6 Å². The van der Waals surface area contributed by atoms with Crippen LogP contribution < -0.4 is 15.4 Å². The van der Waals surface area contributed by atoms with Gasteiger partial charge in [-0.15, -0.1) is 0 Å². The number of hydrogen-bond acceptors (Lipinski definition) is 3. The molecule has 1 heterocycles. The van der Waals surface area contributed by atoms with Gasteiger partial charge in [0.05, 0.1) is 7.11 Å². The summed E-state index contributed by atoms with van der Waals surface area (Å²) in [6.45, 7) is 5.11. The highest BCUT2D eigenvalue weighted by Gasteiger charge is 2.35. The molecule has 0 aliphatic carbocycles. The molecule has 31 heavy (non-hydrogen) atoms. The fraction of sp³-hybridized carbons (Fsp3) is 0.417. The Kier molecular flexibility index (Phi) is 7.15. The summed E-state index contributed by atoms with van der Waals surface area (Å²) in [4.78, 5) is 27.3. The molecule has 2 aromatic carbocycles. The number of amides is 3. The Balaban J connectivity index is 1.50. The van der Waals surface area contributed by atoms with E-state index in [-0.39, 0.29) is 23.8 Å². The number of carbonyl (C=O) groups is 2. The van der Waals surface area contributed by atoms with Crippen molar-refractivity contribution in [3.63, 3.8) is 0 Å². The third kappa shape index (κ3) is 5.96. The molecule has 3 amide bonds. The normalized spacial score (nSPS) is 14.8. The molecule has 0 bridgehead atoms. The summed E-state index contributed by atoms with van der Waals surface area (Å²) in [6, 6.07) is 13.1. The van der Waals surface area contributed by atoms with Crippen molar-refractivity contribution in [1.29, 1.82) is 0 Å². The summed E-state index contributed by atoms with van der Waals surface area (Å²) in [5, 5.41) is 5.64. The number of ether oxygens (including phenoxy) is 1. The maximum atomic E-state index is 13.2. The average molecular weight is 428 g/mol. The number of nitrogens with one attached hydrogen (secondary N) is 2. The largest absolute Gasteiger partial charge is 0.496 e. The molecule has 1 aliphatic rings. The molecule has 6 nitrogen and oxygen atoms in total. The molecule has 166 valence electrons. The Morgan fingerprint density at radius 3 is 2.39 bits per heavy atom. The number of urea groups is 1. The van der Waals surface area contributed by atoms with E-state index in [4.69, 9.17) is 4.74 Å². The molecule has 0 saturated carbocycles. The van der Waals surface area contributed by atoms with Crippen LogP contribution in [0.2, 0.25) is 0 Å². The lowest BCUT2D eigenvalue weighted by Crippen LogP contribution is -2.50. The summed E-state index contributed by atoms with van der Waals surface area (Å²) in [5.41, 5.74) is 0.983. The van der Waals surface area contributed by atoms with Crippen LogP contribution in [0.5, 0.6) is 5.75 Å². The van der Waals surface area contributed by atoms with Crippen molar-refractivity contribution < 1.29 is 18.7 Å². The second kappa shape index (κ2) is 9.81. The standard InChI is InChI=1S/C24H30FN3O3/c1-24(2,16-17-6-4-5-7-21(17)31-3)22(29)28-14-12-20(13-15-28)27-23(30)26-19-10-8-18(25)9-11-19/h4-11,20H,12-16H2,1-3H3,(H2,26,27,30). The molecular formula is C24H30FN3O3. The summed E-state index contributed by atoms with van der Waals surface area (Å²) in [6.07, 6.45) is 1.97. The highest BCUT2D eigenvalue weighted by atomic mass is 19.1. The molecule has 0 unspecified atom stereocenters. The Labute approximate surface area is 182 Å². The molecule has 0 radical (unpaired) electrons. The smallest absolute Gasteiger partial charge is 0.319 e. The molecule has 0 atom stereocenters. The lowest BCUT2D eigenvalue weighted by Gasteiger charge is -2.37. The minimum atomic E-state index is -0.561. The van der Waals surface area contributed by atoms with Crippen molar-refractivity contribution in [2.24, 2.45) is 5.41 Å². The van der Waals surface area contributed by atoms with Crippen molar-refractivity contribution in [3.8, 4) is 5.75 Å². The number of carbonyl (C=O) groups excluding carboxylic acids is 2. The highest BCUT2D eigenvalue weighted by Crippen LogP contribution is 2.30. The van der Waals surface area contributed by atoms with Gasteiger partial charge >= 0.3 is 6.03 Å². The van der Waals surface area contributed by atoms with Gasteiger partial charge in [0.25, 0.3) is 0 Å². The van der Waals surface area contributed by atoms with E-state index in [0.717, 1.165) is 11.3 Å². The van der Waals surface area contributed by atoms with Crippen LogP contribution in [0.1, 0.15) is 32.3 Å². The van der Waals surface area contributed by atoms with Crippen molar-refractivity contribution in [2.45, 2.75) is 39.2 Å². The van der Waals surface area contributed by atoms with Gasteiger partial charge in [-0.25, -0.2) is 9.18 Å². The van der Waals surface area contributed by atoms with Crippen LogP contribution in [-0.4, -0.2) is 43.1 Å². The summed E-state index contributed by atoms with van der Waals surface area (Å²) in [7, 11) is 1.64. The molecule has 0 aromatic heterocycles. The summed E-state index contributed by atoms with van der Waals surface area (Å²) >= 11 is 0. The number of hydrogen-bond donors (Lipinski definition) is 2. The Morgan fingerprint density at radius 2 is 1.74 bits per heavy atom. The molecule has 2 aromatic rings. The number of halogens is 1. The minimum absolute atomic E-state index is 0.0122. The number of rotatable bonds is 6.